The van der Waals surface area contributed by atoms with Crippen molar-refractivity contribution in [2.45, 2.75) is 137 Å². The second-order valence-electron chi connectivity index (χ2n) is 18.7. The van der Waals surface area contributed by atoms with Crippen LogP contribution in [-0.4, -0.2) is 216 Å². The molecule has 4 heterocycles. The number of fused-ring (bicyclic) bond motifs is 2. The Balaban J connectivity index is 1.16. The molecule has 4 fully saturated rings. The molecule has 0 aromatic carbocycles. The summed E-state index contributed by atoms with van der Waals surface area (Å²) in [6, 6.07) is -2.13. The highest BCUT2D eigenvalue weighted by molar-refractivity contribution is 8.00. The van der Waals surface area contributed by atoms with Gasteiger partial charge in [-0.25, -0.2) is 19.2 Å². The number of urea groups is 2. The van der Waals surface area contributed by atoms with Crippen LogP contribution in [0.3, 0.4) is 0 Å². The Labute approximate surface area is 443 Å². The lowest BCUT2D eigenvalue weighted by atomic mass is 10.0. The Kier molecular flexibility index (Phi) is 28.1. The van der Waals surface area contributed by atoms with Crippen LogP contribution >= 0.6 is 23.5 Å². The fourth-order valence-electron chi connectivity index (χ4n) is 8.90. The Morgan fingerprint density at radius 1 is 0.547 bits per heavy atom. The summed E-state index contributed by atoms with van der Waals surface area (Å²) in [7, 11) is 0. The number of rotatable bonds is 40. The van der Waals surface area contributed by atoms with Gasteiger partial charge in [0.15, 0.2) is 0 Å². The molecule has 422 valence electrons. The number of ether oxygens (including phenoxy) is 2. The van der Waals surface area contributed by atoms with E-state index < -0.39 is 86.5 Å². The molecule has 4 aliphatic rings. The van der Waals surface area contributed by atoms with Crippen LogP contribution in [0, 0.1) is 0 Å². The third kappa shape index (κ3) is 24.7. The van der Waals surface area contributed by atoms with E-state index >= 15 is 0 Å². The summed E-state index contributed by atoms with van der Waals surface area (Å²) in [5.41, 5.74) is 0. The number of carboxylic acids is 3. The molecule has 8 atom stereocenters. The van der Waals surface area contributed by atoms with Crippen LogP contribution in [0.1, 0.15) is 89.9 Å². The number of esters is 2. The number of unbranched alkanes of at least 4 members (excludes halogenated alkanes) is 4. The van der Waals surface area contributed by atoms with E-state index in [1.54, 1.807) is 0 Å². The Morgan fingerprint density at radius 2 is 0.973 bits per heavy atom. The number of thioether (sulfide) groups is 2. The van der Waals surface area contributed by atoms with Gasteiger partial charge in [-0.05, 0) is 64.2 Å². The second-order valence-corrected chi connectivity index (χ2v) is 21.2. The number of carboxylic acid groups (broad SMARTS) is 3. The molecule has 13 N–H and O–H groups in total. The molecule has 0 aromatic rings. The van der Waals surface area contributed by atoms with E-state index in [2.05, 4.69) is 53.2 Å². The van der Waals surface area contributed by atoms with Gasteiger partial charge in [-0.2, -0.15) is 23.5 Å². The van der Waals surface area contributed by atoms with Gasteiger partial charge in [0.05, 0.1) is 56.9 Å². The third-order valence-electron chi connectivity index (χ3n) is 12.7. The number of hydrogen-bond acceptors (Lipinski definition) is 18. The number of aliphatic carboxylic acids is 3. The molecule has 0 aromatic heterocycles. The number of carbonyl (C=O) groups is 11. The van der Waals surface area contributed by atoms with Gasteiger partial charge in [0.1, 0.15) is 25.3 Å². The highest BCUT2D eigenvalue weighted by atomic mass is 32.2. The van der Waals surface area contributed by atoms with E-state index in [1.807, 2.05) is 23.5 Å². The maximum absolute atomic E-state index is 13.3. The standard InChI is InChI=1S/C46H75N11O16S2/c58-34(13-3-1-11-32-41-30(26-74-32)53-45(70)55-41)49-15-7-5-9-28(51-36(60)21-47-23-38(62)63)43(68)72-19-17-57(25-40(66)67)18-20-73-44(69)29(52-37(61)22-48-24-39(64)65)10-6-8-16-50-35(59)14-4-2-12-33-42-31(27-75-33)54-46(71)56-42/h28-33,41-42,47-48H,1-27H2,(H,49,58)(H,50,59)(H,51,60)(H,52,61)(H,62,63)(H,64,65)(H,66,67)(H2,53,55,70)(H2,54,56,71)/t28-,29-,30-,31-,32-,33-,41-,42-/m0/s1. The molecule has 0 spiro atoms. The molecule has 0 unspecified atom stereocenters. The first-order chi connectivity index (χ1) is 36.0. The zero-order valence-electron chi connectivity index (χ0n) is 42.1. The normalized spacial score (nSPS) is 21.0. The molecular formula is C46H75N11O16S2. The van der Waals surface area contributed by atoms with Gasteiger partial charge in [0.2, 0.25) is 23.6 Å². The number of nitrogens with one attached hydrogen (secondary N) is 10. The summed E-state index contributed by atoms with van der Waals surface area (Å²) in [5, 5.41) is 55.4. The van der Waals surface area contributed by atoms with Crippen molar-refractivity contribution >= 4 is 89.1 Å². The Bertz CT molecular complexity index is 1830. The minimum Gasteiger partial charge on any atom is -0.480 e. The van der Waals surface area contributed by atoms with Crippen molar-refractivity contribution in [2.75, 3.05) is 83.6 Å². The van der Waals surface area contributed by atoms with Crippen molar-refractivity contribution in [2.24, 2.45) is 0 Å². The summed E-state index contributed by atoms with van der Waals surface area (Å²) < 4.78 is 10.9. The molecule has 4 rings (SSSR count). The average molecular weight is 1100 g/mol. The molecule has 0 bridgehead atoms. The lowest BCUT2D eigenvalue weighted by molar-refractivity contribution is -0.150. The molecule has 27 nitrogen and oxygen atoms in total. The van der Waals surface area contributed by atoms with Crippen LogP contribution in [-0.2, 0) is 52.6 Å². The summed E-state index contributed by atoms with van der Waals surface area (Å²) in [5.74, 6) is -5.18. The summed E-state index contributed by atoms with van der Waals surface area (Å²) >= 11 is 3.63. The van der Waals surface area contributed by atoms with Crippen LogP contribution in [0.4, 0.5) is 9.59 Å². The van der Waals surface area contributed by atoms with E-state index in [1.165, 1.54) is 4.90 Å². The van der Waals surface area contributed by atoms with Gasteiger partial charge >= 0.3 is 41.9 Å². The molecule has 0 radical (unpaired) electrons. The molecule has 0 aliphatic carbocycles. The van der Waals surface area contributed by atoms with Crippen LogP contribution in [0.25, 0.3) is 0 Å². The first kappa shape index (κ1) is 61.9. The summed E-state index contributed by atoms with van der Waals surface area (Å²) in [4.78, 5) is 135. The summed E-state index contributed by atoms with van der Waals surface area (Å²) in [6.45, 7) is -2.64. The molecule has 4 saturated heterocycles. The van der Waals surface area contributed by atoms with Crippen molar-refractivity contribution in [1.29, 1.82) is 0 Å². The van der Waals surface area contributed by atoms with Crippen molar-refractivity contribution in [3.63, 3.8) is 0 Å². The molecule has 29 heteroatoms. The highest BCUT2D eigenvalue weighted by Gasteiger charge is 2.43. The van der Waals surface area contributed by atoms with E-state index in [-0.39, 0.29) is 87.2 Å². The van der Waals surface area contributed by atoms with Crippen LogP contribution < -0.4 is 53.2 Å². The topological polar surface area (TPSA) is 390 Å². The largest absolute Gasteiger partial charge is 0.480 e. The maximum Gasteiger partial charge on any atom is 0.328 e. The number of carbonyl (C=O) groups excluding carboxylic acids is 8. The first-order valence-electron chi connectivity index (χ1n) is 25.6. The van der Waals surface area contributed by atoms with Gasteiger partial charge < -0.3 is 67.3 Å². The van der Waals surface area contributed by atoms with Gasteiger partial charge in [-0.15, -0.1) is 0 Å². The smallest absolute Gasteiger partial charge is 0.328 e. The van der Waals surface area contributed by atoms with Gasteiger partial charge in [-0.1, -0.05) is 12.8 Å². The van der Waals surface area contributed by atoms with Crippen LogP contribution in [0.15, 0.2) is 0 Å². The maximum atomic E-state index is 13.3. The molecule has 8 amide bonds. The quantitative estimate of drug-likeness (QED) is 0.0176. The van der Waals surface area contributed by atoms with Crippen molar-refractivity contribution in [3.05, 3.63) is 0 Å². The highest BCUT2D eigenvalue weighted by Crippen LogP contribution is 2.34. The van der Waals surface area contributed by atoms with Crippen molar-refractivity contribution in [3.8, 4) is 0 Å². The van der Waals surface area contributed by atoms with Crippen molar-refractivity contribution < 1.29 is 77.5 Å². The lowest BCUT2D eigenvalue weighted by Gasteiger charge is -2.23. The Morgan fingerprint density at radius 3 is 1.37 bits per heavy atom. The van der Waals surface area contributed by atoms with Crippen LogP contribution in [0.2, 0.25) is 0 Å². The zero-order valence-corrected chi connectivity index (χ0v) is 43.8. The average Bonchev–Trinajstić information content (AvgIpc) is 4.11. The first-order valence-corrected chi connectivity index (χ1v) is 27.7. The minimum atomic E-state index is -1.23. The van der Waals surface area contributed by atoms with Gasteiger partial charge in [-0.3, -0.25) is 49.1 Å². The van der Waals surface area contributed by atoms with Gasteiger partial charge in [0.25, 0.3) is 0 Å². The predicted octanol–water partition coefficient (Wildman–Crippen LogP) is -2.20. The van der Waals surface area contributed by atoms with Crippen LogP contribution in [0.5, 0.6) is 0 Å². The number of hydrogen-bond donors (Lipinski definition) is 13. The van der Waals surface area contributed by atoms with E-state index in [4.69, 9.17) is 19.7 Å². The Hall–Kier alpha value is -5.65. The van der Waals surface area contributed by atoms with E-state index in [0.29, 0.717) is 75.0 Å². The number of amides is 8. The van der Waals surface area contributed by atoms with E-state index in [0.717, 1.165) is 37.2 Å². The van der Waals surface area contributed by atoms with E-state index in [9.17, 15) is 57.8 Å². The zero-order chi connectivity index (χ0) is 54.5. The van der Waals surface area contributed by atoms with Crippen molar-refractivity contribution in [1.82, 2.24) is 58.1 Å². The molecule has 4 aliphatic heterocycles. The predicted molar refractivity (Wildman–Crippen MR) is 273 cm³/mol. The fourth-order valence-corrected chi connectivity index (χ4v) is 12.0. The SMILES string of the molecule is O=C(O)CNCC(=O)N[C@@H](CCCCNC(=O)CCCC[C@@H]1SC[C@@H]2NC(=O)N[C@@H]21)C(=O)OCCN(CCOC(=O)[C@H](CCCCNC(=O)CCCC[C@@H]1SC[C@@H]2NC(=O)N[C@@H]21)NC(=O)CNCC(=O)O)CC(=O)O. The fraction of sp³-hybridized carbons (Fsp3) is 0.761. The molecular weight excluding hydrogens is 1030 g/mol. The third-order valence-corrected chi connectivity index (χ3v) is 15.7. The molecule has 75 heavy (non-hydrogen) atoms. The summed E-state index contributed by atoms with van der Waals surface area (Å²) in [6.07, 6.45) is 7.31. The van der Waals surface area contributed by atoms with Gasteiger partial charge in [0, 0.05) is 61.0 Å². The minimum absolute atomic E-state index is 0.102. The number of nitrogens with zero attached hydrogens (tertiary/aromatic N) is 1. The monoisotopic (exact) mass is 1100 g/mol. The lowest BCUT2D eigenvalue weighted by Crippen LogP contribution is -2.47. The second kappa shape index (κ2) is 34.1. The molecule has 0 saturated carbocycles.